The van der Waals surface area contributed by atoms with Crippen LogP contribution in [0.25, 0.3) is 0 Å². The highest BCUT2D eigenvalue weighted by Crippen LogP contribution is 2.51. The van der Waals surface area contributed by atoms with Gasteiger partial charge in [-0.15, -0.1) is 0 Å². The van der Waals surface area contributed by atoms with E-state index in [1.807, 2.05) is 103 Å². The van der Waals surface area contributed by atoms with Crippen molar-refractivity contribution < 1.29 is 28.0 Å². The number of aromatic nitrogens is 2. The standard InChI is InChI=1S/C46H53N4O8P/c1-31(2)50(32(3)4)59(56-29-35-15-13-34(14-16-35)25-26-47)58-41-27-43(49-28-33(5)44(51)48-45(49)52)57-42(41)30-55-46(36-11-9-8-10-12-36,37-17-21-39(53-6)22-18-37)38-19-23-40(54-7)24-20-38/h8-24,28,31-32,41-43H,25,27,29-30H2,1-7H3,(H,48,51,52)/t41-,42+,43+,59?/m0/s1. The first kappa shape index (κ1) is 43.5. The largest absolute Gasteiger partial charge is 0.497 e. The maximum atomic E-state index is 13.3. The monoisotopic (exact) mass is 820 g/mol. The van der Waals surface area contributed by atoms with Gasteiger partial charge in [0.25, 0.3) is 14.1 Å². The maximum absolute atomic E-state index is 13.3. The molecular weight excluding hydrogens is 767 g/mol. The molecule has 4 atom stereocenters. The molecule has 1 fully saturated rings. The number of methoxy groups -OCH3 is 2. The molecule has 4 aromatic carbocycles. The Hall–Kier alpha value is -5.12. The van der Waals surface area contributed by atoms with Gasteiger partial charge in [0.15, 0.2) is 0 Å². The minimum Gasteiger partial charge on any atom is -0.497 e. The predicted octanol–water partition coefficient (Wildman–Crippen LogP) is 8.17. The molecule has 59 heavy (non-hydrogen) atoms. The van der Waals surface area contributed by atoms with Crippen molar-refractivity contribution in [3.63, 3.8) is 0 Å². The number of nitrogens with one attached hydrogen (secondary N) is 1. The van der Waals surface area contributed by atoms with Crippen LogP contribution in [0.2, 0.25) is 0 Å². The number of nitriles is 1. The van der Waals surface area contributed by atoms with Crippen molar-refractivity contribution in [2.45, 2.75) is 90.2 Å². The number of hydrogen-bond acceptors (Lipinski definition) is 10. The molecule has 0 saturated carbocycles. The van der Waals surface area contributed by atoms with Gasteiger partial charge >= 0.3 is 5.69 Å². The Labute approximate surface area is 347 Å². The molecule has 0 bridgehead atoms. The van der Waals surface area contributed by atoms with E-state index in [2.05, 4.69) is 43.4 Å². The van der Waals surface area contributed by atoms with Gasteiger partial charge in [-0.3, -0.25) is 14.3 Å². The lowest BCUT2D eigenvalue weighted by Crippen LogP contribution is -2.39. The summed E-state index contributed by atoms with van der Waals surface area (Å²) in [6.45, 7) is 10.4. The third-order valence-electron chi connectivity index (χ3n) is 10.4. The molecule has 1 unspecified atom stereocenters. The molecule has 0 radical (unpaired) electrons. The molecule has 1 saturated heterocycles. The minimum absolute atomic E-state index is 0.0398. The average molecular weight is 821 g/mol. The van der Waals surface area contributed by atoms with E-state index in [1.54, 1.807) is 21.1 Å². The second kappa shape index (κ2) is 19.8. The van der Waals surface area contributed by atoms with Crippen LogP contribution < -0.4 is 20.7 Å². The molecule has 0 spiro atoms. The van der Waals surface area contributed by atoms with Gasteiger partial charge in [-0.05, 0) is 86.7 Å². The van der Waals surface area contributed by atoms with Gasteiger partial charge in [-0.2, -0.15) is 5.26 Å². The number of aromatic amines is 1. The fourth-order valence-corrected chi connectivity index (χ4v) is 9.20. The van der Waals surface area contributed by atoms with Crippen LogP contribution in [0.15, 0.2) is 119 Å². The summed E-state index contributed by atoms with van der Waals surface area (Å²) in [6, 6.07) is 35.7. The Balaban J connectivity index is 1.41. The normalized spacial score (nSPS) is 17.3. The number of hydrogen-bond donors (Lipinski definition) is 1. The zero-order valence-electron chi connectivity index (χ0n) is 34.7. The zero-order valence-corrected chi connectivity index (χ0v) is 35.6. The number of nitrogens with zero attached hydrogens (tertiary/aromatic N) is 3. The summed E-state index contributed by atoms with van der Waals surface area (Å²) < 4.78 is 42.6. The van der Waals surface area contributed by atoms with Crippen molar-refractivity contribution >= 4 is 8.53 Å². The van der Waals surface area contributed by atoms with Crippen LogP contribution in [0.1, 0.15) is 73.7 Å². The first-order valence-electron chi connectivity index (χ1n) is 19.8. The number of aryl methyl sites for hydroxylation is 1. The molecule has 2 heterocycles. The molecule has 0 aliphatic carbocycles. The summed E-state index contributed by atoms with van der Waals surface area (Å²) in [5.41, 5.74) is 2.67. The van der Waals surface area contributed by atoms with Gasteiger partial charge in [0.1, 0.15) is 29.4 Å². The Morgan fingerprint density at radius 2 is 1.41 bits per heavy atom. The minimum atomic E-state index is -1.69. The molecule has 1 aliphatic rings. The molecule has 1 aliphatic heterocycles. The van der Waals surface area contributed by atoms with Crippen LogP contribution in [-0.4, -0.2) is 59.3 Å². The summed E-state index contributed by atoms with van der Waals surface area (Å²) in [6.07, 6.45) is 0.0534. The quantitative estimate of drug-likeness (QED) is 0.0681. The highest BCUT2D eigenvalue weighted by molar-refractivity contribution is 7.44. The topological polar surface area (TPSA) is 137 Å². The Kier molecular flexibility index (Phi) is 14.6. The van der Waals surface area contributed by atoms with Gasteiger partial charge in [-0.1, -0.05) is 78.9 Å². The number of rotatable bonds is 18. The van der Waals surface area contributed by atoms with Crippen molar-refractivity contribution in [1.82, 2.24) is 14.2 Å². The summed E-state index contributed by atoms with van der Waals surface area (Å²) in [4.78, 5) is 28.1. The van der Waals surface area contributed by atoms with Gasteiger partial charge < -0.3 is 28.0 Å². The van der Waals surface area contributed by atoms with Gasteiger partial charge in [0.05, 0.1) is 46.0 Å². The number of benzene rings is 4. The molecule has 310 valence electrons. The van der Waals surface area contributed by atoms with Crippen molar-refractivity contribution in [3.05, 3.63) is 164 Å². The van der Waals surface area contributed by atoms with Crippen LogP contribution in [0, 0.1) is 18.3 Å². The van der Waals surface area contributed by atoms with Crippen LogP contribution in [0.5, 0.6) is 11.5 Å². The molecule has 5 aromatic rings. The Bertz CT molecular complexity index is 2220. The lowest BCUT2D eigenvalue weighted by atomic mass is 9.80. The third-order valence-corrected chi connectivity index (χ3v) is 12.5. The molecule has 1 aromatic heterocycles. The highest BCUT2D eigenvalue weighted by Gasteiger charge is 2.45. The van der Waals surface area contributed by atoms with E-state index in [-0.39, 0.29) is 31.7 Å². The van der Waals surface area contributed by atoms with Crippen molar-refractivity contribution in [2.75, 3.05) is 20.8 Å². The average Bonchev–Trinajstić information content (AvgIpc) is 3.64. The molecule has 1 N–H and O–H groups in total. The van der Waals surface area contributed by atoms with E-state index in [0.29, 0.717) is 23.5 Å². The molecule has 0 amide bonds. The molecule has 12 nitrogen and oxygen atoms in total. The number of ether oxygens (including phenoxy) is 4. The maximum Gasteiger partial charge on any atom is 0.330 e. The lowest BCUT2D eigenvalue weighted by molar-refractivity contribution is -0.0926. The second-order valence-corrected chi connectivity index (χ2v) is 16.4. The van der Waals surface area contributed by atoms with E-state index >= 15 is 0 Å². The fraction of sp³-hybridized carbons (Fsp3) is 0.370. The van der Waals surface area contributed by atoms with Crippen LogP contribution in [-0.2, 0) is 37.1 Å². The first-order chi connectivity index (χ1) is 28.5. The van der Waals surface area contributed by atoms with Crippen LogP contribution >= 0.6 is 8.53 Å². The van der Waals surface area contributed by atoms with E-state index in [4.69, 9.17) is 33.3 Å². The summed E-state index contributed by atoms with van der Waals surface area (Å²) in [5.74, 6) is 1.41. The third kappa shape index (κ3) is 10.0. The smallest absolute Gasteiger partial charge is 0.330 e. The van der Waals surface area contributed by atoms with E-state index < -0.39 is 43.8 Å². The molecular formula is C46H53N4O8P. The van der Waals surface area contributed by atoms with Crippen LogP contribution in [0.4, 0.5) is 0 Å². The van der Waals surface area contributed by atoms with E-state index in [1.165, 1.54) is 10.8 Å². The Morgan fingerprint density at radius 1 is 0.847 bits per heavy atom. The van der Waals surface area contributed by atoms with Crippen molar-refractivity contribution in [3.8, 4) is 17.6 Å². The second-order valence-electron chi connectivity index (χ2n) is 15.0. The predicted molar refractivity (Wildman–Crippen MR) is 227 cm³/mol. The number of H-pyrrole nitrogens is 1. The highest BCUT2D eigenvalue weighted by atomic mass is 31.2. The summed E-state index contributed by atoms with van der Waals surface area (Å²) in [7, 11) is 1.57. The van der Waals surface area contributed by atoms with E-state index in [9.17, 15) is 9.59 Å². The SMILES string of the molecule is COc1ccc(C(OC[C@H]2O[C@@H](n3cc(C)c(=O)[nH]c3=O)C[C@@H]2OP(OCc2ccc(CC#N)cc2)N(C(C)C)C(C)C)(c2ccccc2)c2ccc(OC)cc2)cc1. The summed E-state index contributed by atoms with van der Waals surface area (Å²) >= 11 is 0. The van der Waals surface area contributed by atoms with Crippen LogP contribution in [0.3, 0.4) is 0 Å². The summed E-state index contributed by atoms with van der Waals surface area (Å²) in [5, 5.41) is 9.16. The lowest BCUT2D eigenvalue weighted by Gasteiger charge is -2.39. The van der Waals surface area contributed by atoms with Gasteiger partial charge in [0, 0.05) is 30.3 Å². The molecule has 6 rings (SSSR count). The van der Waals surface area contributed by atoms with Gasteiger partial charge in [0.2, 0.25) is 0 Å². The fourth-order valence-electron chi connectivity index (χ4n) is 7.43. The zero-order chi connectivity index (χ0) is 42.1. The Morgan fingerprint density at radius 3 is 1.95 bits per heavy atom. The van der Waals surface area contributed by atoms with Gasteiger partial charge in [-0.25, -0.2) is 9.46 Å². The van der Waals surface area contributed by atoms with Crippen molar-refractivity contribution in [2.24, 2.45) is 0 Å². The van der Waals surface area contributed by atoms with Crippen molar-refractivity contribution in [1.29, 1.82) is 5.26 Å². The van der Waals surface area contributed by atoms with E-state index in [0.717, 1.165) is 27.8 Å². The molecule has 13 heteroatoms. The first-order valence-corrected chi connectivity index (χ1v) is 20.9.